The van der Waals surface area contributed by atoms with E-state index in [2.05, 4.69) is 0 Å². The maximum atomic E-state index is 13.7. The van der Waals surface area contributed by atoms with Gasteiger partial charge in [-0.05, 0) is 36.8 Å². The number of hydrogen-bond donors (Lipinski definition) is 0. The van der Waals surface area contributed by atoms with E-state index in [9.17, 15) is 19.2 Å². The smallest absolute Gasteiger partial charge is 0.347 e. The molecule has 9 heteroatoms. The number of para-hydroxylation sites is 1. The van der Waals surface area contributed by atoms with E-state index in [1.54, 1.807) is 37.3 Å². The summed E-state index contributed by atoms with van der Waals surface area (Å²) >= 11 is 0. The molecule has 1 aromatic carbocycles. The lowest BCUT2D eigenvalue weighted by Gasteiger charge is -2.07. The first-order valence-corrected chi connectivity index (χ1v) is 9.79. The van der Waals surface area contributed by atoms with Crippen molar-refractivity contribution in [2.45, 2.75) is 6.92 Å². The third-order valence-electron chi connectivity index (χ3n) is 5.28. The van der Waals surface area contributed by atoms with E-state index >= 15 is 0 Å². The molecule has 0 saturated heterocycles. The fourth-order valence-electron chi connectivity index (χ4n) is 3.76. The number of aromatic nitrogens is 1. The second kappa shape index (κ2) is 8.27. The summed E-state index contributed by atoms with van der Waals surface area (Å²) < 4.78 is 21.7. The van der Waals surface area contributed by atoms with Crippen molar-refractivity contribution in [1.82, 2.24) is 4.40 Å². The summed E-state index contributed by atoms with van der Waals surface area (Å²) in [5.41, 5.74) is -0.678. The minimum atomic E-state index is -0.924. The molecule has 0 N–H and O–H groups in total. The Morgan fingerprint density at radius 2 is 1.64 bits per heavy atom. The van der Waals surface area contributed by atoms with E-state index in [4.69, 9.17) is 18.6 Å². The lowest BCUT2D eigenvalue weighted by molar-refractivity contribution is 0.0556. The maximum Gasteiger partial charge on any atom is 0.347 e. The number of pyridine rings is 1. The average Bonchev–Trinajstić information content (AvgIpc) is 3.15. The van der Waals surface area contributed by atoms with Gasteiger partial charge >= 0.3 is 17.6 Å². The molecule has 0 aliphatic carbocycles. The van der Waals surface area contributed by atoms with Crippen LogP contribution in [0.15, 0.2) is 51.8 Å². The van der Waals surface area contributed by atoms with E-state index in [-0.39, 0.29) is 33.5 Å². The Bertz CT molecular complexity index is 1510. The van der Waals surface area contributed by atoms with Gasteiger partial charge in [-0.1, -0.05) is 12.1 Å². The number of benzene rings is 1. The van der Waals surface area contributed by atoms with E-state index in [1.165, 1.54) is 23.8 Å². The number of aryl methyl sites for hydroxylation is 1. The van der Waals surface area contributed by atoms with Gasteiger partial charge in [0.1, 0.15) is 22.4 Å². The Labute approximate surface area is 187 Å². The zero-order valence-electron chi connectivity index (χ0n) is 18.3. The molecule has 0 unspecified atom stereocenters. The molecule has 3 heterocycles. The number of fused-ring (bicyclic) bond motifs is 2. The second-order valence-electron chi connectivity index (χ2n) is 7.20. The third-order valence-corrected chi connectivity index (χ3v) is 5.28. The van der Waals surface area contributed by atoms with Crippen LogP contribution in [-0.4, -0.2) is 43.5 Å². The number of ketones is 1. The van der Waals surface area contributed by atoms with Crippen LogP contribution in [0, 0.1) is 6.92 Å². The Balaban J connectivity index is 2.07. The fourth-order valence-corrected chi connectivity index (χ4v) is 3.76. The van der Waals surface area contributed by atoms with Crippen LogP contribution in [0.5, 0.6) is 5.75 Å². The highest BCUT2D eigenvalue weighted by atomic mass is 16.5. The third kappa shape index (κ3) is 3.43. The van der Waals surface area contributed by atoms with Gasteiger partial charge < -0.3 is 23.0 Å². The summed E-state index contributed by atoms with van der Waals surface area (Å²) in [6, 6.07) is 9.63. The molecule has 0 aliphatic heterocycles. The summed E-state index contributed by atoms with van der Waals surface area (Å²) in [7, 11) is 3.72. The van der Waals surface area contributed by atoms with Crippen LogP contribution in [0.2, 0.25) is 0 Å². The number of methoxy groups -OCH3 is 3. The van der Waals surface area contributed by atoms with Crippen molar-refractivity contribution in [3.63, 3.8) is 0 Å². The van der Waals surface area contributed by atoms with Crippen molar-refractivity contribution in [1.29, 1.82) is 0 Å². The molecule has 0 aliphatic rings. The van der Waals surface area contributed by atoms with Gasteiger partial charge in [-0.25, -0.2) is 14.4 Å². The Kier molecular flexibility index (Phi) is 5.47. The molecule has 0 saturated carbocycles. The molecular formula is C24H19NO8. The standard InChI is InChI=1S/C24H19NO8/c1-12-8-9-25-15(10-12)17(23(28)31-3)18(24(29)32-4)19(25)20(26)14-11-13-6-5-7-16(30-2)21(13)33-22(14)27/h5-11H,1-4H3. The van der Waals surface area contributed by atoms with E-state index in [0.29, 0.717) is 11.1 Å². The quantitative estimate of drug-likeness (QED) is 0.259. The Morgan fingerprint density at radius 3 is 2.30 bits per heavy atom. The van der Waals surface area contributed by atoms with Crippen molar-refractivity contribution in [2.24, 2.45) is 0 Å². The fraction of sp³-hybridized carbons (Fsp3) is 0.167. The van der Waals surface area contributed by atoms with E-state index in [1.807, 2.05) is 0 Å². The first kappa shape index (κ1) is 21.8. The normalized spacial score (nSPS) is 10.9. The Morgan fingerprint density at radius 1 is 0.939 bits per heavy atom. The summed E-state index contributed by atoms with van der Waals surface area (Å²) in [5, 5.41) is 0.446. The second-order valence-corrected chi connectivity index (χ2v) is 7.20. The van der Waals surface area contributed by atoms with Crippen molar-refractivity contribution >= 4 is 34.2 Å². The highest BCUT2D eigenvalue weighted by Gasteiger charge is 2.34. The zero-order valence-corrected chi connectivity index (χ0v) is 18.3. The zero-order chi connectivity index (χ0) is 23.9. The molecule has 0 spiro atoms. The highest BCUT2D eigenvalue weighted by Crippen LogP contribution is 2.30. The molecule has 4 rings (SSSR count). The molecule has 0 amide bonds. The summed E-state index contributed by atoms with van der Waals surface area (Å²) in [6.07, 6.45) is 1.53. The predicted octanol–water partition coefficient (Wildman–Crippen LogP) is 3.17. The van der Waals surface area contributed by atoms with Crippen molar-refractivity contribution in [3.05, 3.63) is 81.0 Å². The van der Waals surface area contributed by atoms with Crippen LogP contribution in [0.4, 0.5) is 0 Å². The molecule has 168 valence electrons. The Hall–Kier alpha value is -4.40. The molecule has 0 atom stereocenters. The molecular weight excluding hydrogens is 430 g/mol. The number of nitrogens with zero attached hydrogens (tertiary/aromatic N) is 1. The summed E-state index contributed by atoms with van der Waals surface area (Å²) in [4.78, 5) is 51.8. The number of esters is 2. The molecule has 0 bridgehead atoms. The predicted molar refractivity (Wildman–Crippen MR) is 117 cm³/mol. The van der Waals surface area contributed by atoms with Gasteiger partial charge in [-0.15, -0.1) is 0 Å². The molecule has 9 nitrogen and oxygen atoms in total. The summed E-state index contributed by atoms with van der Waals surface area (Å²) in [6.45, 7) is 1.79. The van der Waals surface area contributed by atoms with Gasteiger partial charge in [0.25, 0.3) is 0 Å². The van der Waals surface area contributed by atoms with Gasteiger partial charge in [-0.2, -0.15) is 0 Å². The van der Waals surface area contributed by atoms with Gasteiger partial charge in [0.15, 0.2) is 11.3 Å². The van der Waals surface area contributed by atoms with Crippen LogP contribution in [0.25, 0.3) is 16.5 Å². The minimum Gasteiger partial charge on any atom is -0.493 e. The molecule has 4 aromatic rings. The molecule has 3 aromatic heterocycles. The topological polar surface area (TPSA) is 114 Å². The van der Waals surface area contributed by atoms with E-state index in [0.717, 1.165) is 19.8 Å². The number of rotatable bonds is 5. The van der Waals surface area contributed by atoms with Gasteiger partial charge in [0.05, 0.1) is 26.8 Å². The SMILES string of the molecule is COC(=O)c1c(C(=O)OC)c2cc(C)ccn2c1C(=O)c1cc2cccc(OC)c2oc1=O. The van der Waals surface area contributed by atoms with Crippen molar-refractivity contribution in [3.8, 4) is 5.75 Å². The lowest BCUT2D eigenvalue weighted by Crippen LogP contribution is -2.20. The van der Waals surface area contributed by atoms with Gasteiger partial charge in [0.2, 0.25) is 5.78 Å². The summed E-state index contributed by atoms with van der Waals surface area (Å²) in [5.74, 6) is -2.24. The molecule has 33 heavy (non-hydrogen) atoms. The van der Waals surface area contributed by atoms with Crippen LogP contribution >= 0.6 is 0 Å². The van der Waals surface area contributed by atoms with Gasteiger partial charge in [0, 0.05) is 11.6 Å². The molecule has 0 fully saturated rings. The lowest BCUT2D eigenvalue weighted by atomic mass is 10.0. The highest BCUT2D eigenvalue weighted by molar-refractivity contribution is 6.20. The van der Waals surface area contributed by atoms with E-state index < -0.39 is 23.3 Å². The number of carbonyl (C=O) groups is 3. The first-order valence-electron chi connectivity index (χ1n) is 9.79. The van der Waals surface area contributed by atoms with Crippen molar-refractivity contribution in [2.75, 3.05) is 21.3 Å². The monoisotopic (exact) mass is 449 g/mol. The molecule has 0 radical (unpaired) electrons. The van der Waals surface area contributed by atoms with Gasteiger partial charge in [-0.3, -0.25) is 4.79 Å². The average molecular weight is 449 g/mol. The van der Waals surface area contributed by atoms with Crippen LogP contribution in [-0.2, 0) is 9.47 Å². The number of ether oxygens (including phenoxy) is 3. The van der Waals surface area contributed by atoms with Crippen LogP contribution in [0.3, 0.4) is 0 Å². The largest absolute Gasteiger partial charge is 0.493 e. The van der Waals surface area contributed by atoms with Crippen LogP contribution in [0.1, 0.15) is 42.3 Å². The number of carbonyl (C=O) groups excluding carboxylic acids is 3. The first-order chi connectivity index (χ1) is 15.8. The van der Waals surface area contributed by atoms with Crippen molar-refractivity contribution < 1.29 is 33.0 Å². The number of hydrogen-bond acceptors (Lipinski definition) is 8. The van der Waals surface area contributed by atoms with Crippen LogP contribution < -0.4 is 10.4 Å². The minimum absolute atomic E-state index is 0.136. The maximum absolute atomic E-state index is 13.7.